The first-order valence-corrected chi connectivity index (χ1v) is 7.06. The summed E-state index contributed by atoms with van der Waals surface area (Å²) in [6, 6.07) is 0. The van der Waals surface area contributed by atoms with Crippen LogP contribution in [0.15, 0.2) is 0 Å². The molecule has 1 aliphatic rings. The van der Waals surface area contributed by atoms with Gasteiger partial charge in [-0.2, -0.15) is 0 Å². The van der Waals surface area contributed by atoms with Crippen LogP contribution in [0.2, 0.25) is 0 Å². The van der Waals surface area contributed by atoms with E-state index < -0.39 is 0 Å². The van der Waals surface area contributed by atoms with E-state index in [1.807, 2.05) is 0 Å². The van der Waals surface area contributed by atoms with Crippen molar-refractivity contribution in [3.63, 3.8) is 0 Å². The quantitative estimate of drug-likeness (QED) is 0.765. The van der Waals surface area contributed by atoms with Crippen LogP contribution in [0.3, 0.4) is 0 Å². The zero-order valence-electron chi connectivity index (χ0n) is 13.1. The van der Waals surface area contributed by atoms with Crippen molar-refractivity contribution in [3.8, 4) is 0 Å². The van der Waals surface area contributed by atoms with Crippen LogP contribution in [-0.4, -0.2) is 24.5 Å². The highest BCUT2D eigenvalue weighted by Gasteiger charge is 2.63. The van der Waals surface area contributed by atoms with Crippen molar-refractivity contribution in [2.24, 2.45) is 16.7 Å². The van der Waals surface area contributed by atoms with E-state index in [0.29, 0.717) is 23.3 Å². The molecular weight excluding hydrogens is 224 g/mol. The fourth-order valence-corrected chi connectivity index (χ4v) is 2.68. The van der Waals surface area contributed by atoms with Gasteiger partial charge >= 0.3 is 0 Å². The molecule has 1 amide bonds. The van der Waals surface area contributed by atoms with E-state index in [9.17, 15) is 4.79 Å². The molecule has 1 rings (SSSR count). The maximum Gasteiger partial charge on any atom is 0.234 e. The predicted molar refractivity (Wildman–Crippen MR) is 76.4 cm³/mol. The first-order valence-electron chi connectivity index (χ1n) is 7.06. The van der Waals surface area contributed by atoms with Crippen molar-refractivity contribution < 1.29 is 4.79 Å². The molecule has 3 nitrogen and oxygen atoms in total. The van der Waals surface area contributed by atoms with E-state index in [0.717, 1.165) is 13.0 Å². The normalized spacial score (nSPS) is 21.7. The lowest BCUT2D eigenvalue weighted by atomic mass is 10.0. The summed E-state index contributed by atoms with van der Waals surface area (Å²) in [5, 5.41) is 6.33. The van der Waals surface area contributed by atoms with Gasteiger partial charge in [0.1, 0.15) is 0 Å². The van der Waals surface area contributed by atoms with Gasteiger partial charge in [0.2, 0.25) is 5.91 Å². The number of amides is 1. The fourth-order valence-electron chi connectivity index (χ4n) is 2.68. The molecule has 1 fully saturated rings. The summed E-state index contributed by atoms with van der Waals surface area (Å²) in [5.41, 5.74) is 0.676. The molecule has 0 aromatic heterocycles. The number of carbonyl (C=O) groups is 1. The molecular formula is C15H30N2O. The Kier molecular flexibility index (Phi) is 4.16. The first-order chi connectivity index (χ1) is 8.04. The summed E-state index contributed by atoms with van der Waals surface area (Å²) in [5.74, 6) is 0.759. The van der Waals surface area contributed by atoms with E-state index in [-0.39, 0.29) is 11.4 Å². The minimum absolute atomic E-state index is 0.0955. The van der Waals surface area contributed by atoms with Gasteiger partial charge in [-0.25, -0.2) is 0 Å². The molecule has 0 heterocycles. The molecule has 3 heteroatoms. The Labute approximate surface area is 112 Å². The van der Waals surface area contributed by atoms with E-state index in [1.165, 1.54) is 0 Å². The summed E-state index contributed by atoms with van der Waals surface area (Å²) < 4.78 is 0. The molecule has 106 valence electrons. The SMILES string of the molecule is CCC(C)(C)NC(=O)CNCC1C(C)(C)C1(C)C. The monoisotopic (exact) mass is 254 g/mol. The Balaban J connectivity index is 2.26. The molecule has 0 radical (unpaired) electrons. The molecule has 0 aromatic rings. The number of hydrogen-bond donors (Lipinski definition) is 2. The number of hydrogen-bond acceptors (Lipinski definition) is 2. The lowest BCUT2D eigenvalue weighted by Crippen LogP contribution is -2.46. The van der Waals surface area contributed by atoms with Crippen LogP contribution in [0.4, 0.5) is 0 Å². The molecule has 0 spiro atoms. The van der Waals surface area contributed by atoms with Gasteiger partial charge in [0.15, 0.2) is 0 Å². The lowest BCUT2D eigenvalue weighted by Gasteiger charge is -2.24. The minimum atomic E-state index is -0.100. The van der Waals surface area contributed by atoms with Crippen LogP contribution in [-0.2, 0) is 4.79 Å². The van der Waals surface area contributed by atoms with Gasteiger partial charge in [0.25, 0.3) is 0 Å². The summed E-state index contributed by atoms with van der Waals surface area (Å²) in [4.78, 5) is 11.8. The third kappa shape index (κ3) is 3.05. The molecule has 1 saturated carbocycles. The third-order valence-electron chi connectivity index (χ3n) is 5.32. The topological polar surface area (TPSA) is 41.1 Å². The highest BCUT2D eigenvalue weighted by atomic mass is 16.2. The van der Waals surface area contributed by atoms with Gasteiger partial charge < -0.3 is 10.6 Å². The van der Waals surface area contributed by atoms with Crippen molar-refractivity contribution in [1.82, 2.24) is 10.6 Å². The minimum Gasteiger partial charge on any atom is -0.350 e. The highest BCUT2D eigenvalue weighted by Crippen LogP contribution is 2.67. The fraction of sp³-hybridized carbons (Fsp3) is 0.933. The second-order valence-corrected chi connectivity index (χ2v) is 7.41. The second-order valence-electron chi connectivity index (χ2n) is 7.41. The smallest absolute Gasteiger partial charge is 0.234 e. The Morgan fingerprint density at radius 3 is 2.06 bits per heavy atom. The zero-order chi connectivity index (χ0) is 14.2. The lowest BCUT2D eigenvalue weighted by molar-refractivity contribution is -0.121. The second kappa shape index (κ2) is 4.84. The largest absolute Gasteiger partial charge is 0.350 e. The van der Waals surface area contributed by atoms with E-state index >= 15 is 0 Å². The summed E-state index contributed by atoms with van der Waals surface area (Å²) in [7, 11) is 0. The highest BCUT2D eigenvalue weighted by molar-refractivity contribution is 5.78. The van der Waals surface area contributed by atoms with Gasteiger partial charge in [-0.05, 0) is 43.6 Å². The number of nitrogens with one attached hydrogen (secondary N) is 2. The maximum absolute atomic E-state index is 11.8. The average molecular weight is 254 g/mol. The van der Waals surface area contributed by atoms with Crippen LogP contribution in [0, 0.1) is 16.7 Å². The molecule has 18 heavy (non-hydrogen) atoms. The Morgan fingerprint density at radius 1 is 1.17 bits per heavy atom. The molecule has 0 unspecified atom stereocenters. The first kappa shape index (κ1) is 15.5. The van der Waals surface area contributed by atoms with Crippen LogP contribution in [0.5, 0.6) is 0 Å². The molecule has 0 atom stereocenters. The van der Waals surface area contributed by atoms with Crippen LogP contribution >= 0.6 is 0 Å². The van der Waals surface area contributed by atoms with Crippen molar-refractivity contribution in [1.29, 1.82) is 0 Å². The van der Waals surface area contributed by atoms with Crippen LogP contribution < -0.4 is 10.6 Å². The Morgan fingerprint density at radius 2 is 1.67 bits per heavy atom. The summed E-state index contributed by atoms with van der Waals surface area (Å²) >= 11 is 0. The predicted octanol–water partition coefficient (Wildman–Crippen LogP) is 2.56. The maximum atomic E-state index is 11.8. The van der Waals surface area contributed by atoms with Crippen molar-refractivity contribution >= 4 is 5.91 Å². The van der Waals surface area contributed by atoms with Gasteiger partial charge in [0.05, 0.1) is 6.54 Å². The summed E-state index contributed by atoms with van der Waals surface area (Å²) in [6.07, 6.45) is 0.946. The standard InChI is InChI=1S/C15H30N2O/c1-8-13(2,3)17-12(18)10-16-9-11-14(4,5)15(11,6)7/h11,16H,8-10H2,1-7H3,(H,17,18). The van der Waals surface area contributed by atoms with E-state index in [2.05, 4.69) is 59.1 Å². The van der Waals surface area contributed by atoms with Gasteiger partial charge in [0, 0.05) is 5.54 Å². The van der Waals surface area contributed by atoms with Crippen LogP contribution in [0.1, 0.15) is 54.9 Å². The number of rotatable bonds is 6. The van der Waals surface area contributed by atoms with Crippen LogP contribution in [0.25, 0.3) is 0 Å². The average Bonchev–Trinajstić information content (AvgIpc) is 2.59. The van der Waals surface area contributed by atoms with Gasteiger partial charge in [-0.3, -0.25) is 4.79 Å². The third-order valence-corrected chi connectivity index (χ3v) is 5.32. The van der Waals surface area contributed by atoms with Gasteiger partial charge in [-0.15, -0.1) is 0 Å². The summed E-state index contributed by atoms with van der Waals surface area (Å²) in [6.45, 7) is 16.8. The Hall–Kier alpha value is -0.570. The van der Waals surface area contributed by atoms with E-state index in [1.54, 1.807) is 0 Å². The van der Waals surface area contributed by atoms with Crippen molar-refractivity contribution in [2.75, 3.05) is 13.1 Å². The molecule has 1 aliphatic carbocycles. The van der Waals surface area contributed by atoms with Crippen molar-refractivity contribution in [2.45, 2.75) is 60.4 Å². The molecule has 0 aromatic carbocycles. The zero-order valence-corrected chi connectivity index (χ0v) is 13.1. The molecule has 0 saturated heterocycles. The number of carbonyl (C=O) groups excluding carboxylic acids is 1. The molecule has 0 bridgehead atoms. The van der Waals surface area contributed by atoms with Gasteiger partial charge in [-0.1, -0.05) is 34.6 Å². The van der Waals surface area contributed by atoms with Crippen molar-refractivity contribution in [3.05, 3.63) is 0 Å². The van der Waals surface area contributed by atoms with E-state index in [4.69, 9.17) is 0 Å². The molecule has 0 aliphatic heterocycles. The Bertz CT molecular complexity index is 304. The molecule has 2 N–H and O–H groups in total.